The summed E-state index contributed by atoms with van der Waals surface area (Å²) in [5.74, 6) is -0.244. The quantitative estimate of drug-likeness (QED) is 0.864. The predicted molar refractivity (Wildman–Crippen MR) is 72.6 cm³/mol. The number of carbonyl (C=O) groups is 1. The van der Waals surface area contributed by atoms with Crippen LogP contribution in [0.4, 0.5) is 5.69 Å². The van der Waals surface area contributed by atoms with Gasteiger partial charge < -0.3 is 15.2 Å². The summed E-state index contributed by atoms with van der Waals surface area (Å²) in [5, 5.41) is 12.8. The van der Waals surface area contributed by atoms with Crippen molar-refractivity contribution >= 4 is 23.3 Å². The van der Waals surface area contributed by atoms with Crippen LogP contribution in [0.25, 0.3) is 0 Å². The van der Waals surface area contributed by atoms with Crippen LogP contribution in [0.3, 0.4) is 0 Å². The van der Waals surface area contributed by atoms with Crippen molar-refractivity contribution in [3.63, 3.8) is 0 Å². The minimum Gasteiger partial charge on any atom is -0.495 e. The fraction of sp³-hybridized carbons (Fsp3) is 0.462. The molecule has 5 heteroatoms. The predicted octanol–water partition coefficient (Wildman–Crippen LogP) is 3.18. The second-order valence-corrected chi connectivity index (χ2v) is 5.25. The second kappa shape index (κ2) is 5.48. The standard InChI is InChI=1S/C13H18ClNO3/c1-8-5-10(11(18-4)6-9(8)14)15-7-13(2,3)12(16)17/h5-6,15H,7H2,1-4H3,(H,16,17). The van der Waals surface area contributed by atoms with E-state index in [0.717, 1.165) is 11.3 Å². The average molecular weight is 272 g/mol. The fourth-order valence-electron chi connectivity index (χ4n) is 1.36. The minimum atomic E-state index is -0.849. The van der Waals surface area contributed by atoms with E-state index in [9.17, 15) is 4.79 Å². The molecule has 0 aliphatic rings. The number of hydrogen-bond acceptors (Lipinski definition) is 3. The number of hydrogen-bond donors (Lipinski definition) is 2. The van der Waals surface area contributed by atoms with Crippen LogP contribution in [0, 0.1) is 12.3 Å². The Balaban J connectivity index is 2.91. The Hall–Kier alpha value is -1.42. The van der Waals surface area contributed by atoms with Crippen molar-refractivity contribution in [2.24, 2.45) is 5.41 Å². The number of halogens is 1. The summed E-state index contributed by atoms with van der Waals surface area (Å²) in [6.45, 7) is 5.52. The number of carboxylic acids is 1. The van der Waals surface area contributed by atoms with Gasteiger partial charge in [-0.2, -0.15) is 0 Å². The lowest BCUT2D eigenvalue weighted by molar-refractivity contribution is -0.146. The number of aryl methyl sites for hydroxylation is 1. The van der Waals surface area contributed by atoms with E-state index in [2.05, 4.69) is 5.32 Å². The maximum absolute atomic E-state index is 11.0. The van der Waals surface area contributed by atoms with E-state index in [1.807, 2.05) is 13.0 Å². The van der Waals surface area contributed by atoms with Crippen LogP contribution in [-0.4, -0.2) is 24.7 Å². The molecule has 0 unspecified atom stereocenters. The molecule has 0 saturated carbocycles. The Kier molecular flexibility index (Phi) is 4.46. The fourth-order valence-corrected chi connectivity index (χ4v) is 1.52. The number of methoxy groups -OCH3 is 1. The van der Waals surface area contributed by atoms with Crippen LogP contribution in [0.15, 0.2) is 12.1 Å². The molecule has 1 rings (SSSR count). The molecule has 2 N–H and O–H groups in total. The van der Waals surface area contributed by atoms with Crippen molar-refractivity contribution in [1.29, 1.82) is 0 Å². The highest BCUT2D eigenvalue weighted by atomic mass is 35.5. The summed E-state index contributed by atoms with van der Waals surface area (Å²) in [5.41, 5.74) is 0.806. The molecule has 0 atom stereocenters. The smallest absolute Gasteiger partial charge is 0.310 e. The molecule has 4 nitrogen and oxygen atoms in total. The van der Waals surface area contributed by atoms with Gasteiger partial charge in [-0.15, -0.1) is 0 Å². The monoisotopic (exact) mass is 271 g/mol. The highest BCUT2D eigenvalue weighted by Crippen LogP contribution is 2.31. The zero-order chi connectivity index (χ0) is 13.9. The van der Waals surface area contributed by atoms with Gasteiger partial charge in [0.15, 0.2) is 0 Å². The highest BCUT2D eigenvalue weighted by Gasteiger charge is 2.27. The van der Waals surface area contributed by atoms with Crippen LogP contribution in [0.5, 0.6) is 5.75 Å². The molecule has 0 fully saturated rings. The molecule has 0 amide bonds. The third kappa shape index (κ3) is 3.29. The second-order valence-electron chi connectivity index (χ2n) is 4.84. The molecule has 0 aromatic heterocycles. The van der Waals surface area contributed by atoms with Gasteiger partial charge in [0.2, 0.25) is 0 Å². The van der Waals surface area contributed by atoms with E-state index in [4.69, 9.17) is 21.4 Å². The molecule has 0 bridgehead atoms. The van der Waals surface area contributed by atoms with Gasteiger partial charge in [0.05, 0.1) is 18.2 Å². The lowest BCUT2D eigenvalue weighted by Crippen LogP contribution is -2.31. The zero-order valence-electron chi connectivity index (χ0n) is 11.0. The van der Waals surface area contributed by atoms with Crippen molar-refractivity contribution in [1.82, 2.24) is 0 Å². The van der Waals surface area contributed by atoms with Crippen LogP contribution >= 0.6 is 11.6 Å². The molecule has 0 saturated heterocycles. The zero-order valence-corrected chi connectivity index (χ0v) is 11.8. The van der Waals surface area contributed by atoms with Gasteiger partial charge in [-0.1, -0.05) is 11.6 Å². The van der Waals surface area contributed by atoms with E-state index >= 15 is 0 Å². The summed E-state index contributed by atoms with van der Waals surface area (Å²) in [7, 11) is 1.55. The third-order valence-corrected chi connectivity index (χ3v) is 3.19. The number of anilines is 1. The van der Waals surface area contributed by atoms with Crippen LogP contribution < -0.4 is 10.1 Å². The SMILES string of the molecule is COc1cc(Cl)c(C)cc1NCC(C)(C)C(=O)O. The Bertz CT molecular complexity index is 458. The minimum absolute atomic E-state index is 0.305. The first kappa shape index (κ1) is 14.6. The van der Waals surface area contributed by atoms with Crippen molar-refractivity contribution in [3.8, 4) is 5.75 Å². The molecule has 1 aromatic carbocycles. The molecule has 0 radical (unpaired) electrons. The van der Waals surface area contributed by atoms with Gasteiger partial charge in [0, 0.05) is 17.6 Å². The molecular formula is C13H18ClNO3. The van der Waals surface area contributed by atoms with E-state index < -0.39 is 11.4 Å². The molecular weight excluding hydrogens is 254 g/mol. The van der Waals surface area contributed by atoms with Crippen molar-refractivity contribution in [2.75, 3.05) is 19.0 Å². The molecule has 0 aliphatic carbocycles. The molecule has 0 spiro atoms. The number of ether oxygens (including phenoxy) is 1. The van der Waals surface area contributed by atoms with Crippen LogP contribution in [0.2, 0.25) is 5.02 Å². The maximum atomic E-state index is 11.0. The lowest BCUT2D eigenvalue weighted by atomic mass is 9.94. The van der Waals surface area contributed by atoms with E-state index in [0.29, 0.717) is 17.3 Å². The van der Waals surface area contributed by atoms with Crippen molar-refractivity contribution < 1.29 is 14.6 Å². The van der Waals surface area contributed by atoms with Gasteiger partial charge in [0.25, 0.3) is 0 Å². The van der Waals surface area contributed by atoms with Gasteiger partial charge >= 0.3 is 5.97 Å². The topological polar surface area (TPSA) is 58.6 Å². The summed E-state index contributed by atoms with van der Waals surface area (Å²) in [6, 6.07) is 3.56. The molecule has 0 heterocycles. The largest absolute Gasteiger partial charge is 0.495 e. The molecule has 0 aliphatic heterocycles. The number of nitrogens with one attached hydrogen (secondary N) is 1. The Morgan fingerprint density at radius 3 is 2.61 bits per heavy atom. The lowest BCUT2D eigenvalue weighted by Gasteiger charge is -2.21. The number of benzene rings is 1. The van der Waals surface area contributed by atoms with Gasteiger partial charge in [0.1, 0.15) is 5.75 Å². The Morgan fingerprint density at radius 2 is 2.11 bits per heavy atom. The summed E-state index contributed by atoms with van der Waals surface area (Å²) >= 11 is 6.00. The van der Waals surface area contributed by atoms with Crippen molar-refractivity contribution in [2.45, 2.75) is 20.8 Å². The molecule has 1 aromatic rings. The number of rotatable bonds is 5. The average Bonchev–Trinajstić information content (AvgIpc) is 2.30. The molecule has 18 heavy (non-hydrogen) atoms. The Labute approximate surface area is 112 Å². The summed E-state index contributed by atoms with van der Waals surface area (Å²) < 4.78 is 5.21. The normalized spacial score (nSPS) is 11.2. The van der Waals surface area contributed by atoms with Gasteiger partial charge in [-0.05, 0) is 32.4 Å². The first-order chi connectivity index (χ1) is 8.27. The van der Waals surface area contributed by atoms with E-state index in [-0.39, 0.29) is 0 Å². The van der Waals surface area contributed by atoms with Crippen LogP contribution in [-0.2, 0) is 4.79 Å². The van der Waals surface area contributed by atoms with Crippen LogP contribution in [0.1, 0.15) is 19.4 Å². The first-order valence-corrected chi connectivity index (χ1v) is 5.97. The summed E-state index contributed by atoms with van der Waals surface area (Å²) in [6.07, 6.45) is 0. The number of aliphatic carboxylic acids is 1. The first-order valence-electron chi connectivity index (χ1n) is 5.59. The van der Waals surface area contributed by atoms with E-state index in [1.54, 1.807) is 27.0 Å². The van der Waals surface area contributed by atoms with Crippen molar-refractivity contribution in [3.05, 3.63) is 22.7 Å². The third-order valence-electron chi connectivity index (χ3n) is 2.78. The summed E-state index contributed by atoms with van der Waals surface area (Å²) in [4.78, 5) is 11.0. The van der Waals surface area contributed by atoms with Gasteiger partial charge in [-0.3, -0.25) is 4.79 Å². The Morgan fingerprint density at radius 1 is 1.50 bits per heavy atom. The number of carboxylic acid groups (broad SMARTS) is 1. The van der Waals surface area contributed by atoms with E-state index in [1.165, 1.54) is 0 Å². The maximum Gasteiger partial charge on any atom is 0.310 e. The molecule has 100 valence electrons. The van der Waals surface area contributed by atoms with Gasteiger partial charge in [-0.25, -0.2) is 0 Å². The highest BCUT2D eigenvalue weighted by molar-refractivity contribution is 6.31.